The molecule has 3 N–H and O–H groups in total. The highest BCUT2D eigenvalue weighted by molar-refractivity contribution is 4.92. The summed E-state index contributed by atoms with van der Waals surface area (Å²) in [5.74, 6) is 0.968. The van der Waals surface area contributed by atoms with Crippen LogP contribution in [0.1, 0.15) is 25.7 Å². The van der Waals surface area contributed by atoms with Crippen molar-refractivity contribution < 1.29 is 5.11 Å². The van der Waals surface area contributed by atoms with Gasteiger partial charge in [0.15, 0.2) is 0 Å². The molecule has 0 aromatic carbocycles. The van der Waals surface area contributed by atoms with Gasteiger partial charge in [-0.3, -0.25) is 0 Å². The Labute approximate surface area is 79.9 Å². The lowest BCUT2D eigenvalue weighted by molar-refractivity contribution is 0.190. The van der Waals surface area contributed by atoms with Gasteiger partial charge in [0.2, 0.25) is 0 Å². The monoisotopic (exact) mass is 184 g/mol. The summed E-state index contributed by atoms with van der Waals surface area (Å²) >= 11 is 0. The zero-order chi connectivity index (χ0) is 9.26. The molecule has 3 nitrogen and oxygen atoms in total. The van der Waals surface area contributed by atoms with Crippen molar-refractivity contribution in [2.24, 2.45) is 11.7 Å². The number of nitrogens with zero attached hydrogens (tertiary/aromatic N) is 1. The molecule has 13 heavy (non-hydrogen) atoms. The van der Waals surface area contributed by atoms with Crippen LogP contribution >= 0.6 is 0 Å². The molecule has 0 amide bonds. The maximum Gasteiger partial charge on any atom is 0.0583 e. The number of hydrogen-bond acceptors (Lipinski definition) is 3. The number of nitrogens with two attached hydrogens (primary N) is 1. The van der Waals surface area contributed by atoms with Gasteiger partial charge < -0.3 is 15.7 Å². The fourth-order valence-corrected chi connectivity index (χ4v) is 2.72. The molecule has 0 aromatic heterocycles. The second kappa shape index (κ2) is 3.95. The molecule has 2 fully saturated rings. The molecule has 1 aliphatic carbocycles. The molecule has 1 saturated heterocycles. The Morgan fingerprint density at radius 3 is 2.85 bits per heavy atom. The van der Waals surface area contributed by atoms with Gasteiger partial charge in [-0.25, -0.2) is 0 Å². The summed E-state index contributed by atoms with van der Waals surface area (Å²) in [5.41, 5.74) is 5.67. The van der Waals surface area contributed by atoms with Crippen LogP contribution < -0.4 is 5.73 Å². The Kier molecular flexibility index (Phi) is 2.86. The Morgan fingerprint density at radius 1 is 1.46 bits per heavy atom. The van der Waals surface area contributed by atoms with E-state index in [-0.39, 0.29) is 12.6 Å². The summed E-state index contributed by atoms with van der Waals surface area (Å²) in [6, 6.07) is 0.829. The summed E-state index contributed by atoms with van der Waals surface area (Å²) in [7, 11) is 0. The molecule has 3 atom stereocenters. The third kappa shape index (κ3) is 2.03. The topological polar surface area (TPSA) is 49.5 Å². The zero-order valence-electron chi connectivity index (χ0n) is 8.15. The molecule has 3 unspecified atom stereocenters. The van der Waals surface area contributed by atoms with E-state index < -0.39 is 0 Å². The molecule has 2 aliphatic rings. The highest BCUT2D eigenvalue weighted by Gasteiger charge is 2.37. The van der Waals surface area contributed by atoms with Gasteiger partial charge in [-0.2, -0.15) is 0 Å². The van der Waals surface area contributed by atoms with Crippen LogP contribution in [0, 0.1) is 5.92 Å². The van der Waals surface area contributed by atoms with E-state index in [0.717, 1.165) is 24.9 Å². The third-order valence-corrected chi connectivity index (χ3v) is 3.54. The smallest absolute Gasteiger partial charge is 0.0583 e. The highest BCUT2D eigenvalue weighted by atomic mass is 16.3. The zero-order valence-corrected chi connectivity index (χ0v) is 8.15. The van der Waals surface area contributed by atoms with Crippen molar-refractivity contribution in [1.82, 2.24) is 4.90 Å². The molecular weight excluding hydrogens is 164 g/mol. The minimum atomic E-state index is -0.0147. The van der Waals surface area contributed by atoms with Crippen LogP contribution in [-0.4, -0.2) is 41.8 Å². The molecule has 1 heterocycles. The Hall–Kier alpha value is -0.120. The summed E-state index contributed by atoms with van der Waals surface area (Å²) in [6.45, 7) is 2.49. The Bertz CT molecular complexity index is 174. The summed E-state index contributed by atoms with van der Waals surface area (Å²) in [4.78, 5) is 2.56. The molecule has 0 radical (unpaired) electrons. The predicted molar refractivity (Wildman–Crippen MR) is 52.4 cm³/mol. The Morgan fingerprint density at radius 2 is 2.31 bits per heavy atom. The molecule has 2 rings (SSSR count). The van der Waals surface area contributed by atoms with Crippen molar-refractivity contribution in [2.75, 3.05) is 19.7 Å². The molecular formula is C10H20N2O. The van der Waals surface area contributed by atoms with Crippen LogP contribution in [0.3, 0.4) is 0 Å². The lowest BCUT2D eigenvalue weighted by Gasteiger charge is -2.27. The fraction of sp³-hybridized carbons (Fsp3) is 1.00. The number of rotatable bonds is 4. The van der Waals surface area contributed by atoms with Crippen LogP contribution in [0.5, 0.6) is 0 Å². The summed E-state index contributed by atoms with van der Waals surface area (Å²) in [6.07, 6.45) is 5.18. The van der Waals surface area contributed by atoms with Gasteiger partial charge in [-0.15, -0.1) is 0 Å². The maximum atomic E-state index is 8.80. The molecule has 2 bridgehead atoms. The SMILES string of the molecule is NC(CO)CCN1CC2CCC1C2. The van der Waals surface area contributed by atoms with Crippen molar-refractivity contribution in [3.05, 3.63) is 0 Å². The van der Waals surface area contributed by atoms with E-state index in [9.17, 15) is 0 Å². The second-order valence-electron chi connectivity index (χ2n) is 4.56. The summed E-state index contributed by atoms with van der Waals surface area (Å²) in [5, 5.41) is 8.80. The lowest BCUT2D eigenvalue weighted by atomic mass is 10.1. The highest BCUT2D eigenvalue weighted by Crippen LogP contribution is 2.37. The average molecular weight is 184 g/mol. The van der Waals surface area contributed by atoms with Gasteiger partial charge in [0.25, 0.3) is 0 Å². The number of aliphatic hydroxyl groups is 1. The first-order valence-electron chi connectivity index (χ1n) is 5.40. The molecule has 1 saturated carbocycles. The predicted octanol–water partition coefficient (Wildman–Crippen LogP) is 0.180. The first kappa shape index (κ1) is 9.44. The van der Waals surface area contributed by atoms with E-state index in [0.29, 0.717) is 0 Å². The van der Waals surface area contributed by atoms with Crippen LogP contribution in [-0.2, 0) is 0 Å². The first-order chi connectivity index (χ1) is 6.29. The second-order valence-corrected chi connectivity index (χ2v) is 4.56. The third-order valence-electron chi connectivity index (χ3n) is 3.54. The van der Waals surface area contributed by atoms with Crippen molar-refractivity contribution in [1.29, 1.82) is 0 Å². The van der Waals surface area contributed by atoms with Gasteiger partial charge in [0.1, 0.15) is 0 Å². The average Bonchev–Trinajstić information content (AvgIpc) is 2.74. The number of hydrogen-bond donors (Lipinski definition) is 2. The van der Waals surface area contributed by atoms with Gasteiger partial charge in [-0.05, 0) is 38.1 Å². The van der Waals surface area contributed by atoms with Crippen LogP contribution in [0.4, 0.5) is 0 Å². The first-order valence-corrected chi connectivity index (χ1v) is 5.40. The molecule has 0 spiro atoms. The number of piperidine rings is 1. The van der Waals surface area contributed by atoms with Gasteiger partial charge in [-0.1, -0.05) is 0 Å². The number of fused-ring (bicyclic) bond motifs is 2. The minimum absolute atomic E-state index is 0.0147. The van der Waals surface area contributed by atoms with E-state index >= 15 is 0 Å². The lowest BCUT2D eigenvalue weighted by Crippen LogP contribution is -2.36. The van der Waals surface area contributed by atoms with E-state index in [4.69, 9.17) is 10.8 Å². The van der Waals surface area contributed by atoms with Gasteiger partial charge >= 0.3 is 0 Å². The van der Waals surface area contributed by atoms with Crippen LogP contribution in [0.25, 0.3) is 0 Å². The van der Waals surface area contributed by atoms with E-state index in [1.165, 1.54) is 25.8 Å². The van der Waals surface area contributed by atoms with Gasteiger partial charge in [0, 0.05) is 18.6 Å². The minimum Gasteiger partial charge on any atom is -0.395 e. The van der Waals surface area contributed by atoms with Gasteiger partial charge in [0.05, 0.1) is 6.61 Å². The normalized spacial score (nSPS) is 35.5. The van der Waals surface area contributed by atoms with Crippen LogP contribution in [0.15, 0.2) is 0 Å². The van der Waals surface area contributed by atoms with Crippen molar-refractivity contribution in [2.45, 2.75) is 37.8 Å². The van der Waals surface area contributed by atoms with E-state index in [1.807, 2.05) is 0 Å². The quantitative estimate of drug-likeness (QED) is 0.655. The molecule has 3 heteroatoms. The molecule has 1 aliphatic heterocycles. The standard InChI is InChI=1S/C10H20N2O/c11-9(7-13)3-4-12-6-8-1-2-10(12)5-8/h8-10,13H,1-7,11H2. The number of likely N-dealkylation sites (tertiary alicyclic amines) is 1. The largest absolute Gasteiger partial charge is 0.395 e. The number of aliphatic hydroxyl groups excluding tert-OH is 1. The van der Waals surface area contributed by atoms with Crippen LogP contribution in [0.2, 0.25) is 0 Å². The van der Waals surface area contributed by atoms with Crippen molar-refractivity contribution >= 4 is 0 Å². The molecule has 76 valence electrons. The van der Waals surface area contributed by atoms with E-state index in [1.54, 1.807) is 0 Å². The van der Waals surface area contributed by atoms with Crippen molar-refractivity contribution in [3.63, 3.8) is 0 Å². The summed E-state index contributed by atoms with van der Waals surface area (Å²) < 4.78 is 0. The fourth-order valence-electron chi connectivity index (χ4n) is 2.72. The van der Waals surface area contributed by atoms with Crippen molar-refractivity contribution in [3.8, 4) is 0 Å². The van der Waals surface area contributed by atoms with E-state index in [2.05, 4.69) is 4.90 Å². The Balaban J connectivity index is 1.71. The molecule has 0 aromatic rings. The maximum absolute atomic E-state index is 8.80.